The Kier molecular flexibility index (Phi) is 4.75. The number of rotatable bonds is 5. The predicted octanol–water partition coefficient (Wildman–Crippen LogP) is 3.10. The van der Waals surface area contributed by atoms with Gasteiger partial charge in [0.05, 0.1) is 12.8 Å². The quantitative estimate of drug-likeness (QED) is 0.862. The van der Waals surface area contributed by atoms with Crippen LogP contribution in [0.4, 0.5) is 10.1 Å². The molecule has 0 amide bonds. The molecule has 0 saturated heterocycles. The predicted molar refractivity (Wildman–Crippen MR) is 87.4 cm³/mol. The molecule has 0 aromatic heterocycles. The van der Waals surface area contributed by atoms with E-state index in [1.807, 2.05) is 36.2 Å². The first-order chi connectivity index (χ1) is 10.0. The highest BCUT2D eigenvalue weighted by atomic mass is 32.1. The first-order valence-corrected chi connectivity index (χ1v) is 6.85. The molecule has 0 atom stereocenters. The van der Waals surface area contributed by atoms with Crippen LogP contribution >= 0.6 is 12.2 Å². The normalized spacial score (nSPS) is 10.2. The summed E-state index contributed by atoms with van der Waals surface area (Å²) in [5.41, 5.74) is 8.26. The van der Waals surface area contributed by atoms with Gasteiger partial charge in [-0.25, -0.2) is 4.39 Å². The third-order valence-corrected chi connectivity index (χ3v) is 3.41. The van der Waals surface area contributed by atoms with Crippen LogP contribution in [-0.2, 0) is 6.54 Å². The molecule has 2 aromatic carbocycles. The number of benzene rings is 2. The van der Waals surface area contributed by atoms with E-state index in [1.165, 1.54) is 12.1 Å². The number of nitrogens with zero attached hydrogens (tertiary/aromatic N) is 1. The second kappa shape index (κ2) is 6.54. The molecule has 0 bridgehead atoms. The molecule has 3 nitrogen and oxygen atoms in total. The molecule has 2 N–H and O–H groups in total. The van der Waals surface area contributed by atoms with Crippen LogP contribution in [0.25, 0.3) is 0 Å². The fraction of sp³-hybridized carbons (Fsp3) is 0.188. The molecule has 110 valence electrons. The van der Waals surface area contributed by atoms with E-state index < -0.39 is 0 Å². The van der Waals surface area contributed by atoms with Gasteiger partial charge >= 0.3 is 0 Å². The van der Waals surface area contributed by atoms with Gasteiger partial charge < -0.3 is 15.4 Å². The third kappa shape index (κ3) is 3.70. The Hall–Kier alpha value is -2.14. The molecule has 0 unspecified atom stereocenters. The molecule has 0 aliphatic rings. The van der Waals surface area contributed by atoms with Gasteiger partial charge in [-0.1, -0.05) is 24.4 Å². The summed E-state index contributed by atoms with van der Waals surface area (Å²) in [5, 5.41) is 0. The Morgan fingerprint density at radius 3 is 2.67 bits per heavy atom. The van der Waals surface area contributed by atoms with Crippen molar-refractivity contribution in [3.63, 3.8) is 0 Å². The standard InChI is InChI=1S/C16H17FN2OS/c1-19(10-11-4-3-5-12(17)8-11)15-9-13(20-2)6-7-14(15)16(18)21/h3-9H,10H2,1-2H3,(H2,18,21). The monoisotopic (exact) mass is 304 g/mol. The summed E-state index contributed by atoms with van der Waals surface area (Å²) in [4.78, 5) is 2.28. The second-order valence-electron chi connectivity index (χ2n) is 4.73. The van der Waals surface area contributed by atoms with Crippen LogP contribution in [0.2, 0.25) is 0 Å². The molecular weight excluding hydrogens is 287 g/mol. The van der Waals surface area contributed by atoms with Gasteiger partial charge in [-0.05, 0) is 29.8 Å². The molecule has 0 aliphatic carbocycles. The van der Waals surface area contributed by atoms with Crippen LogP contribution in [0.3, 0.4) is 0 Å². The minimum Gasteiger partial charge on any atom is -0.497 e. The van der Waals surface area contributed by atoms with Crippen LogP contribution in [0.15, 0.2) is 42.5 Å². The zero-order chi connectivity index (χ0) is 15.4. The summed E-state index contributed by atoms with van der Waals surface area (Å²) in [5.74, 6) is 0.470. The topological polar surface area (TPSA) is 38.5 Å². The number of hydrogen-bond donors (Lipinski definition) is 1. The van der Waals surface area contributed by atoms with Gasteiger partial charge in [-0.2, -0.15) is 0 Å². The Labute approximate surface area is 129 Å². The number of halogens is 1. The lowest BCUT2D eigenvalue weighted by Gasteiger charge is -2.23. The van der Waals surface area contributed by atoms with Gasteiger partial charge in [0.15, 0.2) is 0 Å². The second-order valence-corrected chi connectivity index (χ2v) is 5.17. The van der Waals surface area contributed by atoms with Crippen LogP contribution in [0.5, 0.6) is 5.75 Å². The molecular formula is C16H17FN2OS. The van der Waals surface area contributed by atoms with Crippen molar-refractivity contribution in [2.45, 2.75) is 6.54 Å². The molecule has 2 aromatic rings. The number of nitrogens with two attached hydrogens (primary N) is 1. The lowest BCUT2D eigenvalue weighted by atomic mass is 10.1. The smallest absolute Gasteiger partial charge is 0.123 e. The largest absolute Gasteiger partial charge is 0.497 e. The molecule has 0 aliphatic heterocycles. The van der Waals surface area contributed by atoms with E-state index in [4.69, 9.17) is 22.7 Å². The van der Waals surface area contributed by atoms with E-state index in [0.717, 1.165) is 22.6 Å². The first-order valence-electron chi connectivity index (χ1n) is 6.44. The van der Waals surface area contributed by atoms with Crippen LogP contribution in [-0.4, -0.2) is 19.1 Å². The van der Waals surface area contributed by atoms with Gasteiger partial charge in [0.1, 0.15) is 16.6 Å². The molecule has 0 fully saturated rings. The zero-order valence-corrected chi connectivity index (χ0v) is 12.8. The van der Waals surface area contributed by atoms with E-state index in [0.29, 0.717) is 11.5 Å². The number of methoxy groups -OCH3 is 1. The number of anilines is 1. The van der Waals surface area contributed by atoms with Gasteiger partial charge in [-0.15, -0.1) is 0 Å². The van der Waals surface area contributed by atoms with Crippen LogP contribution in [0, 0.1) is 5.82 Å². The fourth-order valence-electron chi connectivity index (χ4n) is 2.16. The summed E-state index contributed by atoms with van der Waals surface area (Å²) in [7, 11) is 3.51. The van der Waals surface area contributed by atoms with Gasteiger partial charge in [0.25, 0.3) is 0 Å². The molecule has 2 rings (SSSR count). The first kappa shape index (κ1) is 15.3. The van der Waals surface area contributed by atoms with Crippen molar-refractivity contribution in [3.05, 3.63) is 59.4 Å². The molecule has 0 saturated carbocycles. The van der Waals surface area contributed by atoms with Crippen molar-refractivity contribution >= 4 is 22.9 Å². The third-order valence-electron chi connectivity index (χ3n) is 3.19. The average molecular weight is 304 g/mol. The highest BCUT2D eigenvalue weighted by Crippen LogP contribution is 2.26. The number of ether oxygens (including phenoxy) is 1. The lowest BCUT2D eigenvalue weighted by molar-refractivity contribution is 0.415. The molecule has 0 spiro atoms. The molecule has 0 radical (unpaired) electrons. The van der Waals surface area contributed by atoms with Crippen molar-refractivity contribution in [2.24, 2.45) is 5.73 Å². The maximum absolute atomic E-state index is 13.3. The maximum atomic E-state index is 13.3. The van der Waals surface area contributed by atoms with Crippen LogP contribution < -0.4 is 15.4 Å². The summed E-state index contributed by atoms with van der Waals surface area (Å²) < 4.78 is 18.5. The minimum absolute atomic E-state index is 0.249. The summed E-state index contributed by atoms with van der Waals surface area (Å²) >= 11 is 5.08. The van der Waals surface area contributed by atoms with Crippen molar-refractivity contribution in [1.82, 2.24) is 0 Å². The van der Waals surface area contributed by atoms with Gasteiger partial charge in [0.2, 0.25) is 0 Å². The van der Waals surface area contributed by atoms with Gasteiger partial charge in [0, 0.05) is 25.2 Å². The average Bonchev–Trinajstić information content (AvgIpc) is 2.46. The van der Waals surface area contributed by atoms with Crippen molar-refractivity contribution < 1.29 is 9.13 Å². The van der Waals surface area contributed by atoms with E-state index in [-0.39, 0.29) is 5.82 Å². The Bertz CT molecular complexity index is 660. The maximum Gasteiger partial charge on any atom is 0.123 e. The van der Waals surface area contributed by atoms with Gasteiger partial charge in [-0.3, -0.25) is 0 Å². The summed E-state index contributed by atoms with van der Waals surface area (Å²) in [6, 6.07) is 12.0. The Morgan fingerprint density at radius 2 is 2.05 bits per heavy atom. The lowest BCUT2D eigenvalue weighted by Crippen LogP contribution is -2.21. The summed E-state index contributed by atoms with van der Waals surface area (Å²) in [6.07, 6.45) is 0. The highest BCUT2D eigenvalue weighted by Gasteiger charge is 2.12. The SMILES string of the molecule is COc1ccc(C(N)=S)c(N(C)Cc2cccc(F)c2)c1. The Morgan fingerprint density at radius 1 is 1.29 bits per heavy atom. The van der Waals surface area contributed by atoms with E-state index in [2.05, 4.69) is 0 Å². The number of hydrogen-bond acceptors (Lipinski definition) is 3. The molecule has 21 heavy (non-hydrogen) atoms. The zero-order valence-electron chi connectivity index (χ0n) is 12.0. The Balaban J connectivity index is 2.33. The van der Waals surface area contributed by atoms with E-state index in [9.17, 15) is 4.39 Å². The molecule has 5 heteroatoms. The minimum atomic E-state index is -0.249. The van der Waals surface area contributed by atoms with Crippen LogP contribution in [0.1, 0.15) is 11.1 Å². The summed E-state index contributed by atoms with van der Waals surface area (Å²) in [6.45, 7) is 0.542. The fourth-order valence-corrected chi connectivity index (χ4v) is 2.33. The van der Waals surface area contributed by atoms with Crippen molar-refractivity contribution in [1.29, 1.82) is 0 Å². The highest BCUT2D eigenvalue weighted by molar-refractivity contribution is 7.80. The number of thiocarbonyl (C=S) groups is 1. The van der Waals surface area contributed by atoms with Crippen molar-refractivity contribution in [2.75, 3.05) is 19.1 Å². The van der Waals surface area contributed by atoms with E-state index >= 15 is 0 Å². The van der Waals surface area contributed by atoms with E-state index in [1.54, 1.807) is 13.2 Å². The molecule has 0 heterocycles. The van der Waals surface area contributed by atoms with Crippen molar-refractivity contribution in [3.8, 4) is 5.75 Å².